The van der Waals surface area contributed by atoms with Gasteiger partial charge < -0.3 is 13.9 Å². The van der Waals surface area contributed by atoms with Gasteiger partial charge in [-0.05, 0) is 116 Å². The highest BCUT2D eigenvalue weighted by Crippen LogP contribution is 2.44. The van der Waals surface area contributed by atoms with Gasteiger partial charge in [0.05, 0.1) is 11.2 Å². The molecule has 0 aliphatic heterocycles. The average Bonchev–Trinajstić information content (AvgIpc) is 3.92. The van der Waals surface area contributed by atoms with E-state index in [2.05, 4.69) is 234 Å². The number of hydrogen-bond donors (Lipinski definition) is 0. The molecule has 0 aliphatic carbocycles. The molecule has 12 rings (SSSR count). The molecule has 0 atom stereocenters. The van der Waals surface area contributed by atoms with Crippen LogP contribution in [-0.4, -0.2) is 4.57 Å². The summed E-state index contributed by atoms with van der Waals surface area (Å²) in [4.78, 5) is 2.33. The molecule has 0 spiro atoms. The molecule has 3 nitrogen and oxygen atoms in total. The van der Waals surface area contributed by atoms with Crippen LogP contribution in [0.4, 0.5) is 17.1 Å². The Morgan fingerprint density at radius 1 is 0.361 bits per heavy atom. The number of benzene rings is 10. The first-order valence-electron chi connectivity index (χ1n) is 20.8. The molecule has 0 saturated heterocycles. The fraction of sp³-hybridized carbons (Fsp3) is 0. The van der Waals surface area contributed by atoms with E-state index < -0.39 is 0 Å². The van der Waals surface area contributed by atoms with Gasteiger partial charge in [-0.25, -0.2) is 0 Å². The normalized spacial score (nSPS) is 11.6. The van der Waals surface area contributed by atoms with E-state index in [1.807, 2.05) is 6.07 Å². The number of aromatic nitrogens is 1. The van der Waals surface area contributed by atoms with Gasteiger partial charge in [0.15, 0.2) is 5.58 Å². The smallest absolute Gasteiger partial charge is 0.159 e. The van der Waals surface area contributed by atoms with E-state index in [0.717, 1.165) is 50.3 Å². The lowest BCUT2D eigenvalue weighted by molar-refractivity contribution is 0.669. The van der Waals surface area contributed by atoms with Crippen LogP contribution in [0, 0.1) is 0 Å². The van der Waals surface area contributed by atoms with Crippen LogP contribution in [-0.2, 0) is 0 Å². The van der Waals surface area contributed by atoms with Crippen LogP contribution >= 0.6 is 0 Å². The predicted octanol–water partition coefficient (Wildman–Crippen LogP) is 16.3. The van der Waals surface area contributed by atoms with Crippen LogP contribution in [0.3, 0.4) is 0 Å². The summed E-state index contributed by atoms with van der Waals surface area (Å²) >= 11 is 0. The first kappa shape index (κ1) is 34.9. The maximum Gasteiger partial charge on any atom is 0.159 e. The minimum Gasteiger partial charge on any atom is -0.454 e. The first-order valence-corrected chi connectivity index (χ1v) is 20.8. The highest BCUT2D eigenvalue weighted by atomic mass is 16.3. The molecule has 0 radical (unpaired) electrons. The lowest BCUT2D eigenvalue weighted by Gasteiger charge is -2.26. The zero-order valence-electron chi connectivity index (χ0n) is 33.2. The van der Waals surface area contributed by atoms with Crippen LogP contribution in [0.25, 0.3) is 93.5 Å². The summed E-state index contributed by atoms with van der Waals surface area (Å²) in [6.45, 7) is 0. The van der Waals surface area contributed by atoms with Crippen LogP contribution in [0.5, 0.6) is 0 Å². The zero-order valence-corrected chi connectivity index (χ0v) is 33.2. The van der Waals surface area contributed by atoms with Gasteiger partial charge in [-0.1, -0.05) is 158 Å². The fourth-order valence-corrected chi connectivity index (χ4v) is 9.30. The molecule has 2 heterocycles. The Balaban J connectivity index is 0.958. The number of para-hydroxylation sites is 4. The molecular weight excluding hydrogens is 741 g/mol. The van der Waals surface area contributed by atoms with E-state index in [1.165, 1.54) is 60.3 Å². The van der Waals surface area contributed by atoms with Gasteiger partial charge in [0.1, 0.15) is 5.58 Å². The molecule has 61 heavy (non-hydrogen) atoms. The quantitative estimate of drug-likeness (QED) is 0.150. The Bertz CT molecular complexity index is 3580. The van der Waals surface area contributed by atoms with Crippen molar-refractivity contribution < 1.29 is 4.42 Å². The van der Waals surface area contributed by atoms with Crippen molar-refractivity contribution in [2.45, 2.75) is 0 Å². The van der Waals surface area contributed by atoms with Crippen LogP contribution < -0.4 is 4.90 Å². The molecule has 0 bridgehead atoms. The van der Waals surface area contributed by atoms with Crippen LogP contribution in [0.1, 0.15) is 0 Å². The summed E-state index contributed by atoms with van der Waals surface area (Å²) in [6, 6.07) is 80.6. The third-order valence-electron chi connectivity index (χ3n) is 12.2. The van der Waals surface area contributed by atoms with Gasteiger partial charge >= 0.3 is 0 Å². The molecule has 0 fully saturated rings. The molecule has 2 aromatic heterocycles. The number of hydrogen-bond acceptors (Lipinski definition) is 2. The second-order valence-corrected chi connectivity index (χ2v) is 15.7. The second kappa shape index (κ2) is 14.3. The summed E-state index contributed by atoms with van der Waals surface area (Å²) in [6.07, 6.45) is 2.27. The van der Waals surface area contributed by atoms with Crippen molar-refractivity contribution in [3.63, 3.8) is 0 Å². The second-order valence-electron chi connectivity index (χ2n) is 15.7. The van der Waals surface area contributed by atoms with E-state index in [9.17, 15) is 0 Å². The van der Waals surface area contributed by atoms with Crippen molar-refractivity contribution in [2.24, 2.45) is 0 Å². The number of anilines is 3. The summed E-state index contributed by atoms with van der Waals surface area (Å²) in [5.41, 5.74) is 14.3. The molecule has 10 aromatic carbocycles. The van der Waals surface area contributed by atoms with Crippen molar-refractivity contribution in [1.82, 2.24) is 4.57 Å². The Morgan fingerprint density at radius 3 is 1.77 bits per heavy atom. The van der Waals surface area contributed by atoms with Gasteiger partial charge in [-0.3, -0.25) is 0 Å². The summed E-state index contributed by atoms with van der Waals surface area (Å²) in [5, 5.41) is 8.47. The maximum absolute atomic E-state index is 6.65. The summed E-state index contributed by atoms with van der Waals surface area (Å²) in [5.74, 6) is 0. The predicted molar refractivity (Wildman–Crippen MR) is 257 cm³/mol. The average molecular weight is 779 g/mol. The Hall–Kier alpha value is -8.14. The van der Waals surface area contributed by atoms with E-state index >= 15 is 0 Å². The molecule has 0 saturated carbocycles. The van der Waals surface area contributed by atoms with E-state index in [-0.39, 0.29) is 0 Å². The number of nitrogens with zero attached hydrogens (tertiary/aromatic N) is 2. The van der Waals surface area contributed by atoms with E-state index in [0.29, 0.717) is 0 Å². The van der Waals surface area contributed by atoms with Gasteiger partial charge in [0, 0.05) is 45.0 Å². The summed E-state index contributed by atoms with van der Waals surface area (Å²) < 4.78 is 8.95. The monoisotopic (exact) mass is 778 g/mol. The minimum absolute atomic E-state index is 0.861. The topological polar surface area (TPSA) is 21.3 Å². The van der Waals surface area contributed by atoms with E-state index in [1.54, 1.807) is 0 Å². The molecular formula is C58H38N2O. The SMILES string of the molecule is c1ccc(-n2cc(-c3cccc(-c4ccc(N(c5ccc(-c6cc7ccccc7c7ccccc67)cc5)c5cccc6c5oc5ccccc56)cc4)c3)c3ccccc32)cc1. The van der Waals surface area contributed by atoms with Crippen molar-refractivity contribution in [3.05, 3.63) is 231 Å². The third-order valence-corrected chi connectivity index (χ3v) is 12.2. The van der Waals surface area contributed by atoms with Crippen molar-refractivity contribution >= 4 is 71.4 Å². The van der Waals surface area contributed by atoms with Gasteiger partial charge in [-0.2, -0.15) is 0 Å². The largest absolute Gasteiger partial charge is 0.454 e. The minimum atomic E-state index is 0.861. The number of rotatable bonds is 7. The highest BCUT2D eigenvalue weighted by molar-refractivity contribution is 6.14. The Morgan fingerprint density at radius 2 is 0.967 bits per heavy atom. The van der Waals surface area contributed by atoms with Gasteiger partial charge in [0.2, 0.25) is 0 Å². The molecule has 0 aliphatic rings. The van der Waals surface area contributed by atoms with Crippen LogP contribution in [0.2, 0.25) is 0 Å². The molecule has 0 N–H and O–H groups in total. The lowest BCUT2D eigenvalue weighted by atomic mass is 9.93. The highest BCUT2D eigenvalue weighted by Gasteiger charge is 2.20. The maximum atomic E-state index is 6.65. The van der Waals surface area contributed by atoms with Gasteiger partial charge in [0.25, 0.3) is 0 Å². The Labute approximate surface area is 353 Å². The molecule has 12 aromatic rings. The lowest BCUT2D eigenvalue weighted by Crippen LogP contribution is -2.10. The van der Waals surface area contributed by atoms with Crippen molar-refractivity contribution in [2.75, 3.05) is 4.90 Å². The van der Waals surface area contributed by atoms with Crippen molar-refractivity contribution in [3.8, 4) is 39.1 Å². The molecule has 3 heteroatoms. The molecule has 0 amide bonds. The van der Waals surface area contributed by atoms with Gasteiger partial charge in [-0.15, -0.1) is 0 Å². The van der Waals surface area contributed by atoms with Crippen LogP contribution in [0.15, 0.2) is 235 Å². The number of furan rings is 1. The fourth-order valence-electron chi connectivity index (χ4n) is 9.30. The Kier molecular flexibility index (Phi) is 8.17. The first-order chi connectivity index (χ1) is 30.2. The summed E-state index contributed by atoms with van der Waals surface area (Å²) in [7, 11) is 0. The van der Waals surface area contributed by atoms with Crippen molar-refractivity contribution in [1.29, 1.82) is 0 Å². The molecule has 286 valence electrons. The third kappa shape index (κ3) is 5.90. The number of fused-ring (bicyclic) bond motifs is 7. The van der Waals surface area contributed by atoms with E-state index in [4.69, 9.17) is 4.42 Å². The standard InChI is InChI=1S/C58H38N2O/c1-2-17-44(18-3-1)59-38-54(50-22-8-10-25-55(50)59)42-16-12-15-41(36-42)39-28-32-45(33-29-39)60(56-26-13-24-52-51-23-9-11-27-57(51)61-58(52)56)46-34-30-40(31-35-46)53-37-43-14-4-5-19-47(43)48-20-6-7-21-49(48)53/h1-38H. The molecule has 0 unspecified atom stereocenters. The zero-order chi connectivity index (χ0) is 40.3.